The number of anilines is 3. The van der Waals surface area contributed by atoms with Crippen molar-refractivity contribution in [3.05, 3.63) is 46.4 Å². The molecule has 4 heterocycles. The van der Waals surface area contributed by atoms with E-state index < -0.39 is 40.8 Å². The van der Waals surface area contributed by atoms with E-state index in [4.69, 9.17) is 4.74 Å². The van der Waals surface area contributed by atoms with Crippen molar-refractivity contribution in [1.82, 2.24) is 35.1 Å². The number of aromatic amines is 1. The molecule has 0 saturated carbocycles. The van der Waals surface area contributed by atoms with Crippen LogP contribution < -0.4 is 25.4 Å². The molecule has 1 atom stereocenters. The maximum absolute atomic E-state index is 13.2. The summed E-state index contributed by atoms with van der Waals surface area (Å²) >= 11 is 0. The van der Waals surface area contributed by atoms with Gasteiger partial charge in [-0.25, -0.2) is 20.1 Å². The van der Waals surface area contributed by atoms with E-state index in [2.05, 4.69) is 35.3 Å². The number of H-pyrrole nitrogens is 1. The third kappa shape index (κ3) is 6.35. The van der Waals surface area contributed by atoms with Crippen molar-refractivity contribution in [2.45, 2.75) is 25.3 Å². The van der Waals surface area contributed by atoms with Crippen LogP contribution in [0.1, 0.15) is 18.1 Å². The fourth-order valence-corrected chi connectivity index (χ4v) is 3.53. The molecule has 2 N–H and O–H groups in total. The Labute approximate surface area is 210 Å². The Morgan fingerprint density at radius 2 is 1.58 bits per heavy atom. The molecule has 1 fully saturated rings. The number of piperazine rings is 1. The molecule has 3 aromatic rings. The van der Waals surface area contributed by atoms with Crippen LogP contribution in [0, 0.1) is 0 Å². The van der Waals surface area contributed by atoms with Crippen molar-refractivity contribution >= 4 is 17.6 Å². The molecule has 18 heteroatoms. The van der Waals surface area contributed by atoms with Gasteiger partial charge in [0, 0.05) is 38.6 Å². The quantitative estimate of drug-likeness (QED) is 0.421. The Bertz CT molecular complexity index is 1290. The Morgan fingerprint density at radius 1 is 0.947 bits per heavy atom. The molecule has 1 aliphatic rings. The fraction of sp³-hybridized carbons (Fsp3) is 0.450. The molecule has 0 aromatic carbocycles. The van der Waals surface area contributed by atoms with Crippen LogP contribution in [0.15, 0.2) is 29.7 Å². The van der Waals surface area contributed by atoms with E-state index in [9.17, 15) is 31.1 Å². The molecule has 1 saturated heterocycles. The lowest BCUT2D eigenvalue weighted by atomic mass is 10.2. The number of nitrogens with zero attached hydrogens (tertiary/aromatic N) is 8. The lowest BCUT2D eigenvalue weighted by Crippen LogP contribution is -2.47. The Morgan fingerprint density at radius 3 is 2.18 bits per heavy atom. The first-order valence-electron chi connectivity index (χ1n) is 11.0. The maximum atomic E-state index is 13.2. The van der Waals surface area contributed by atoms with E-state index in [0.717, 1.165) is 18.6 Å². The summed E-state index contributed by atoms with van der Waals surface area (Å²) in [5, 5.41) is 7.70. The topological polar surface area (TPSA) is 138 Å². The molecule has 0 bridgehead atoms. The normalized spacial score (nSPS) is 15.3. The van der Waals surface area contributed by atoms with Crippen LogP contribution >= 0.6 is 0 Å². The van der Waals surface area contributed by atoms with E-state index >= 15 is 0 Å². The van der Waals surface area contributed by atoms with Crippen LogP contribution in [0.4, 0.5) is 43.9 Å². The third-order valence-corrected chi connectivity index (χ3v) is 5.35. The van der Waals surface area contributed by atoms with E-state index in [1.807, 2.05) is 0 Å². The second-order valence-electron chi connectivity index (χ2n) is 8.15. The summed E-state index contributed by atoms with van der Waals surface area (Å²) in [6.07, 6.45) is -5.87. The van der Waals surface area contributed by atoms with Gasteiger partial charge in [0.2, 0.25) is 11.9 Å². The molecule has 0 aliphatic carbocycles. The molecule has 0 unspecified atom stereocenters. The van der Waals surface area contributed by atoms with Crippen molar-refractivity contribution in [2.75, 3.05) is 47.9 Å². The van der Waals surface area contributed by atoms with Gasteiger partial charge in [-0.1, -0.05) is 0 Å². The summed E-state index contributed by atoms with van der Waals surface area (Å²) in [5.74, 6) is 0.449. The highest BCUT2D eigenvalue weighted by Crippen LogP contribution is 2.32. The molecule has 12 nitrogen and oxygen atoms in total. The first-order chi connectivity index (χ1) is 17.9. The molecule has 1 aliphatic heterocycles. The van der Waals surface area contributed by atoms with Gasteiger partial charge in [-0.3, -0.25) is 4.79 Å². The molecule has 0 radical (unpaired) electrons. The second kappa shape index (κ2) is 10.6. The molecule has 204 valence electrons. The average Bonchev–Trinajstić information content (AvgIpc) is 2.87. The van der Waals surface area contributed by atoms with Gasteiger partial charge >= 0.3 is 18.4 Å². The van der Waals surface area contributed by atoms with E-state index in [0.29, 0.717) is 26.2 Å². The van der Waals surface area contributed by atoms with Gasteiger partial charge in [0.15, 0.2) is 0 Å². The largest absolute Gasteiger partial charge is 0.461 e. The van der Waals surface area contributed by atoms with E-state index in [1.54, 1.807) is 14.9 Å². The van der Waals surface area contributed by atoms with Gasteiger partial charge in [0.1, 0.15) is 18.5 Å². The summed E-state index contributed by atoms with van der Waals surface area (Å²) in [6, 6.07) is -0.760. The smallest absolute Gasteiger partial charge is 0.423 e. The number of rotatable bonds is 7. The van der Waals surface area contributed by atoms with Crippen molar-refractivity contribution in [3.8, 4) is 6.01 Å². The minimum atomic E-state index is -4.88. The van der Waals surface area contributed by atoms with Gasteiger partial charge in [0.05, 0.1) is 23.5 Å². The van der Waals surface area contributed by atoms with Gasteiger partial charge in [-0.05, 0) is 6.92 Å². The number of nitrogens with one attached hydrogen (secondary N) is 2. The summed E-state index contributed by atoms with van der Waals surface area (Å²) < 4.78 is 83.3. The SMILES string of the molecule is C[C@@H](COc1ncnc(N2CCN(c3ncc(C(F)(F)F)cn3)CC2)n1)Nc1cn[nH]c(=O)c1C(F)(F)F. The zero-order valence-corrected chi connectivity index (χ0v) is 19.6. The van der Waals surface area contributed by atoms with Gasteiger partial charge in [0.25, 0.3) is 5.56 Å². The molecule has 0 spiro atoms. The van der Waals surface area contributed by atoms with Gasteiger partial charge in [-0.2, -0.15) is 41.4 Å². The number of hydrogen-bond donors (Lipinski definition) is 2. The number of hydrogen-bond acceptors (Lipinski definition) is 11. The predicted octanol–water partition coefficient (Wildman–Crippen LogP) is 1.99. The Balaban J connectivity index is 1.33. The first kappa shape index (κ1) is 26.8. The van der Waals surface area contributed by atoms with Crippen molar-refractivity contribution in [2.24, 2.45) is 0 Å². The van der Waals surface area contributed by atoms with Crippen molar-refractivity contribution in [1.29, 1.82) is 0 Å². The summed E-state index contributed by atoms with van der Waals surface area (Å²) in [7, 11) is 0. The standard InChI is InChI=1S/C20H20F6N10O2/c1-11(32-13-8-31-34-15(37)14(13)20(24,25)26)9-38-18-30-10-29-17(33-18)36-4-2-35(3-5-36)16-27-6-12(7-28-16)19(21,22)23/h6-8,10-11H,2-5,9H2,1H3,(H2,32,34,37)/t11-/m0/s1. The first-order valence-corrected chi connectivity index (χ1v) is 11.0. The molecule has 4 rings (SSSR count). The zero-order chi connectivity index (χ0) is 27.5. The van der Waals surface area contributed by atoms with Crippen LogP contribution in [0.2, 0.25) is 0 Å². The molecular weight excluding hydrogens is 526 g/mol. The highest BCUT2D eigenvalue weighted by molar-refractivity contribution is 5.50. The molecule has 3 aromatic heterocycles. The van der Waals surface area contributed by atoms with Crippen molar-refractivity contribution in [3.63, 3.8) is 0 Å². The molecular formula is C20H20F6N10O2. The molecule has 38 heavy (non-hydrogen) atoms. The van der Waals surface area contributed by atoms with Crippen LogP contribution in [0.25, 0.3) is 0 Å². The average molecular weight is 546 g/mol. The van der Waals surface area contributed by atoms with Gasteiger partial charge in [-0.15, -0.1) is 0 Å². The maximum Gasteiger partial charge on any atom is 0.423 e. The van der Waals surface area contributed by atoms with E-state index in [1.165, 1.54) is 13.3 Å². The lowest BCUT2D eigenvalue weighted by Gasteiger charge is -2.34. The number of halogens is 6. The molecule has 0 amide bonds. The van der Waals surface area contributed by atoms with Crippen LogP contribution in [-0.2, 0) is 12.4 Å². The highest BCUT2D eigenvalue weighted by Gasteiger charge is 2.37. The third-order valence-electron chi connectivity index (χ3n) is 5.35. The van der Waals surface area contributed by atoms with Crippen LogP contribution in [-0.4, -0.2) is 73.9 Å². The zero-order valence-electron chi connectivity index (χ0n) is 19.6. The van der Waals surface area contributed by atoms with E-state index in [-0.39, 0.29) is 24.5 Å². The predicted molar refractivity (Wildman–Crippen MR) is 120 cm³/mol. The fourth-order valence-electron chi connectivity index (χ4n) is 3.53. The summed E-state index contributed by atoms with van der Waals surface area (Å²) in [6.45, 7) is 2.97. The van der Waals surface area contributed by atoms with Crippen LogP contribution in [0.3, 0.4) is 0 Å². The number of alkyl halides is 6. The summed E-state index contributed by atoms with van der Waals surface area (Å²) in [4.78, 5) is 34.9. The lowest BCUT2D eigenvalue weighted by molar-refractivity contribution is -0.139. The number of aromatic nitrogens is 7. The Hall–Kier alpha value is -4.25. The second-order valence-corrected chi connectivity index (χ2v) is 8.15. The van der Waals surface area contributed by atoms with Gasteiger partial charge < -0.3 is 19.9 Å². The Kier molecular flexibility index (Phi) is 7.49. The minimum absolute atomic E-state index is 0.0720. The highest BCUT2D eigenvalue weighted by atomic mass is 19.4. The van der Waals surface area contributed by atoms with Crippen molar-refractivity contribution < 1.29 is 31.1 Å². The summed E-state index contributed by atoms with van der Waals surface area (Å²) in [5.41, 5.74) is -4.20. The number of ether oxygens (including phenoxy) is 1. The monoisotopic (exact) mass is 546 g/mol. The van der Waals surface area contributed by atoms with Crippen LogP contribution in [0.5, 0.6) is 6.01 Å². The minimum Gasteiger partial charge on any atom is -0.461 e.